The molecule has 1 rings (SSSR count). The minimum absolute atomic E-state index is 0.0596. The van der Waals surface area contributed by atoms with Gasteiger partial charge in [-0.05, 0) is 32.9 Å². The Labute approximate surface area is 96.9 Å². The van der Waals surface area contributed by atoms with E-state index in [4.69, 9.17) is 9.47 Å². The van der Waals surface area contributed by atoms with Gasteiger partial charge in [-0.1, -0.05) is 0 Å². The maximum absolute atomic E-state index is 11.6. The van der Waals surface area contributed by atoms with E-state index in [1.807, 2.05) is 0 Å². The van der Waals surface area contributed by atoms with Crippen molar-refractivity contribution in [3.05, 3.63) is 0 Å². The van der Waals surface area contributed by atoms with Crippen molar-refractivity contribution in [2.45, 2.75) is 32.0 Å². The number of ether oxygens (including phenoxy) is 2. The number of piperidine rings is 1. The van der Waals surface area contributed by atoms with E-state index in [1.54, 1.807) is 14.0 Å². The van der Waals surface area contributed by atoms with Gasteiger partial charge in [0.1, 0.15) is 6.10 Å². The molecule has 1 aliphatic heterocycles. The first kappa shape index (κ1) is 13.4. The van der Waals surface area contributed by atoms with Crippen LogP contribution in [0.25, 0.3) is 0 Å². The molecule has 0 aromatic heterocycles. The van der Waals surface area contributed by atoms with E-state index in [9.17, 15) is 4.79 Å². The Balaban J connectivity index is 2.16. The van der Waals surface area contributed by atoms with Gasteiger partial charge in [-0.25, -0.2) is 0 Å². The van der Waals surface area contributed by atoms with Crippen LogP contribution in [-0.2, 0) is 14.3 Å². The van der Waals surface area contributed by atoms with Crippen LogP contribution in [-0.4, -0.2) is 51.5 Å². The zero-order valence-corrected chi connectivity index (χ0v) is 10.1. The molecule has 5 nitrogen and oxygen atoms in total. The summed E-state index contributed by atoms with van der Waals surface area (Å²) in [7, 11) is 1.61. The SMILES string of the molecule is COCCNC(=O)C(C)OC1CCNCC1. The third-order valence-electron chi connectivity index (χ3n) is 2.66. The summed E-state index contributed by atoms with van der Waals surface area (Å²) in [6, 6.07) is 0. The van der Waals surface area contributed by atoms with E-state index in [1.165, 1.54) is 0 Å². The van der Waals surface area contributed by atoms with Gasteiger partial charge in [0.25, 0.3) is 0 Å². The fraction of sp³-hybridized carbons (Fsp3) is 0.909. The molecule has 0 aliphatic carbocycles. The topological polar surface area (TPSA) is 59.6 Å². The summed E-state index contributed by atoms with van der Waals surface area (Å²) in [4.78, 5) is 11.6. The summed E-state index contributed by atoms with van der Waals surface area (Å²) in [5.74, 6) is -0.0596. The molecule has 16 heavy (non-hydrogen) atoms. The molecule has 0 bridgehead atoms. The molecule has 0 saturated carbocycles. The van der Waals surface area contributed by atoms with Crippen LogP contribution in [0, 0.1) is 0 Å². The second-order valence-corrected chi connectivity index (χ2v) is 4.01. The summed E-state index contributed by atoms with van der Waals surface area (Å²) >= 11 is 0. The fourth-order valence-corrected chi connectivity index (χ4v) is 1.70. The Morgan fingerprint density at radius 1 is 1.50 bits per heavy atom. The normalized spacial score (nSPS) is 19.4. The highest BCUT2D eigenvalue weighted by molar-refractivity contribution is 5.80. The molecule has 0 spiro atoms. The summed E-state index contributed by atoms with van der Waals surface area (Å²) in [6.45, 7) is 4.82. The van der Waals surface area contributed by atoms with Crippen molar-refractivity contribution < 1.29 is 14.3 Å². The van der Waals surface area contributed by atoms with Crippen LogP contribution in [0.15, 0.2) is 0 Å². The molecule has 5 heteroatoms. The van der Waals surface area contributed by atoms with E-state index in [-0.39, 0.29) is 18.1 Å². The Morgan fingerprint density at radius 2 is 2.19 bits per heavy atom. The second kappa shape index (κ2) is 7.60. The van der Waals surface area contributed by atoms with Crippen LogP contribution in [0.5, 0.6) is 0 Å². The van der Waals surface area contributed by atoms with Crippen LogP contribution < -0.4 is 10.6 Å². The average Bonchev–Trinajstić information content (AvgIpc) is 2.30. The lowest BCUT2D eigenvalue weighted by molar-refractivity contribution is -0.136. The minimum atomic E-state index is -0.375. The Hall–Kier alpha value is -0.650. The molecule has 0 aromatic rings. The molecule has 1 aliphatic rings. The number of carbonyl (C=O) groups is 1. The smallest absolute Gasteiger partial charge is 0.248 e. The summed E-state index contributed by atoms with van der Waals surface area (Å²) in [6.07, 6.45) is 1.80. The molecule has 1 atom stereocenters. The van der Waals surface area contributed by atoms with Crippen molar-refractivity contribution in [2.24, 2.45) is 0 Å². The lowest BCUT2D eigenvalue weighted by atomic mass is 10.1. The van der Waals surface area contributed by atoms with Gasteiger partial charge >= 0.3 is 0 Å². The molecule has 1 fully saturated rings. The van der Waals surface area contributed by atoms with Gasteiger partial charge in [0.15, 0.2) is 0 Å². The molecule has 1 unspecified atom stereocenters. The molecular weight excluding hydrogens is 208 g/mol. The van der Waals surface area contributed by atoms with Gasteiger partial charge in [0.2, 0.25) is 5.91 Å². The van der Waals surface area contributed by atoms with Crippen LogP contribution in [0.1, 0.15) is 19.8 Å². The third-order valence-corrected chi connectivity index (χ3v) is 2.66. The molecular formula is C11H22N2O3. The van der Waals surface area contributed by atoms with Gasteiger partial charge < -0.3 is 20.1 Å². The number of carbonyl (C=O) groups excluding carboxylic acids is 1. The first-order chi connectivity index (χ1) is 7.74. The van der Waals surface area contributed by atoms with E-state index < -0.39 is 0 Å². The van der Waals surface area contributed by atoms with E-state index >= 15 is 0 Å². The van der Waals surface area contributed by atoms with E-state index in [0.29, 0.717) is 13.2 Å². The van der Waals surface area contributed by atoms with Crippen molar-refractivity contribution in [2.75, 3.05) is 33.4 Å². The van der Waals surface area contributed by atoms with Crippen LogP contribution in [0.3, 0.4) is 0 Å². The molecule has 2 N–H and O–H groups in total. The van der Waals surface area contributed by atoms with Crippen LogP contribution >= 0.6 is 0 Å². The number of nitrogens with one attached hydrogen (secondary N) is 2. The third kappa shape index (κ3) is 4.92. The van der Waals surface area contributed by atoms with Gasteiger partial charge in [-0.2, -0.15) is 0 Å². The standard InChI is InChI=1S/C11H22N2O3/c1-9(11(14)13-7-8-15-2)16-10-3-5-12-6-4-10/h9-10,12H,3-8H2,1-2H3,(H,13,14). The van der Waals surface area contributed by atoms with Crippen LogP contribution in [0.2, 0.25) is 0 Å². The lowest BCUT2D eigenvalue weighted by Crippen LogP contribution is -2.41. The van der Waals surface area contributed by atoms with Gasteiger partial charge in [0.05, 0.1) is 12.7 Å². The van der Waals surface area contributed by atoms with Crippen molar-refractivity contribution in [1.82, 2.24) is 10.6 Å². The lowest BCUT2D eigenvalue weighted by Gasteiger charge is -2.25. The first-order valence-electron chi connectivity index (χ1n) is 5.87. The summed E-state index contributed by atoms with van der Waals surface area (Å²) in [5.41, 5.74) is 0. The predicted octanol–water partition coefficient (Wildman–Crippen LogP) is -0.0939. The maximum atomic E-state index is 11.6. The highest BCUT2D eigenvalue weighted by Crippen LogP contribution is 2.09. The molecule has 1 saturated heterocycles. The molecule has 0 radical (unpaired) electrons. The largest absolute Gasteiger partial charge is 0.383 e. The molecule has 0 aromatic carbocycles. The second-order valence-electron chi connectivity index (χ2n) is 4.01. The highest BCUT2D eigenvalue weighted by atomic mass is 16.5. The van der Waals surface area contributed by atoms with Crippen molar-refractivity contribution in [3.63, 3.8) is 0 Å². The fourth-order valence-electron chi connectivity index (χ4n) is 1.70. The Kier molecular flexibility index (Phi) is 6.37. The van der Waals surface area contributed by atoms with Crippen molar-refractivity contribution in [1.29, 1.82) is 0 Å². The van der Waals surface area contributed by atoms with Crippen molar-refractivity contribution >= 4 is 5.91 Å². The van der Waals surface area contributed by atoms with Gasteiger partial charge in [0, 0.05) is 13.7 Å². The molecule has 94 valence electrons. The maximum Gasteiger partial charge on any atom is 0.248 e. The quantitative estimate of drug-likeness (QED) is 0.626. The van der Waals surface area contributed by atoms with Crippen molar-refractivity contribution in [3.8, 4) is 0 Å². The zero-order valence-electron chi connectivity index (χ0n) is 10.1. The van der Waals surface area contributed by atoms with E-state index in [2.05, 4.69) is 10.6 Å². The summed E-state index contributed by atoms with van der Waals surface area (Å²) < 4.78 is 10.5. The Morgan fingerprint density at radius 3 is 2.81 bits per heavy atom. The summed E-state index contributed by atoms with van der Waals surface area (Å²) in [5, 5.41) is 6.03. The monoisotopic (exact) mass is 230 g/mol. The number of hydrogen-bond acceptors (Lipinski definition) is 4. The molecule has 1 amide bonds. The first-order valence-corrected chi connectivity index (χ1v) is 5.87. The van der Waals surface area contributed by atoms with E-state index in [0.717, 1.165) is 25.9 Å². The highest BCUT2D eigenvalue weighted by Gasteiger charge is 2.20. The average molecular weight is 230 g/mol. The molecule has 1 heterocycles. The zero-order chi connectivity index (χ0) is 11.8. The van der Waals surface area contributed by atoms with Crippen LogP contribution in [0.4, 0.5) is 0 Å². The predicted molar refractivity (Wildman–Crippen MR) is 61.3 cm³/mol. The number of hydrogen-bond donors (Lipinski definition) is 2. The number of rotatable bonds is 6. The Bertz CT molecular complexity index is 205. The van der Waals surface area contributed by atoms with Gasteiger partial charge in [-0.3, -0.25) is 4.79 Å². The number of methoxy groups -OCH3 is 1. The number of amides is 1. The van der Waals surface area contributed by atoms with Gasteiger partial charge in [-0.15, -0.1) is 0 Å². The minimum Gasteiger partial charge on any atom is -0.383 e.